The molecule has 4 aromatic rings. The van der Waals surface area contributed by atoms with Gasteiger partial charge >= 0.3 is 0 Å². The summed E-state index contributed by atoms with van der Waals surface area (Å²) in [6.45, 7) is 8.83. The third-order valence-corrected chi connectivity index (χ3v) is 9.01. The van der Waals surface area contributed by atoms with Gasteiger partial charge in [0.2, 0.25) is 10.0 Å². The van der Waals surface area contributed by atoms with Gasteiger partial charge in [0.15, 0.2) is 5.13 Å². The molecule has 0 aliphatic carbocycles. The molecule has 3 aromatic carbocycles. The summed E-state index contributed by atoms with van der Waals surface area (Å²) >= 11 is 1.48. The molecule has 0 unspecified atom stereocenters. The molecule has 1 heterocycles. The van der Waals surface area contributed by atoms with Crippen LogP contribution in [0.25, 0.3) is 10.2 Å². The average Bonchev–Trinajstić information content (AvgIpc) is 3.27. The van der Waals surface area contributed by atoms with E-state index in [2.05, 4.69) is 12.1 Å². The van der Waals surface area contributed by atoms with Crippen molar-refractivity contribution in [3.63, 3.8) is 0 Å². The third-order valence-electron chi connectivity index (χ3n) is 5.92. The molecule has 0 atom stereocenters. The molecule has 35 heavy (non-hydrogen) atoms. The normalized spacial score (nSPS) is 11.8. The Bertz CT molecular complexity index is 1440. The van der Waals surface area contributed by atoms with Crippen LogP contribution in [-0.4, -0.2) is 36.7 Å². The molecule has 0 fully saturated rings. The molecule has 0 radical (unpaired) electrons. The van der Waals surface area contributed by atoms with E-state index in [1.54, 1.807) is 17.0 Å². The Balaban J connectivity index is 1.73. The maximum absolute atomic E-state index is 13.7. The van der Waals surface area contributed by atoms with E-state index in [1.807, 2.05) is 58.0 Å². The van der Waals surface area contributed by atoms with Crippen LogP contribution in [0.15, 0.2) is 71.6 Å². The van der Waals surface area contributed by atoms with E-state index in [-0.39, 0.29) is 10.8 Å². The molecule has 0 saturated carbocycles. The van der Waals surface area contributed by atoms with Crippen molar-refractivity contribution in [2.24, 2.45) is 0 Å². The van der Waals surface area contributed by atoms with E-state index in [0.717, 1.165) is 26.9 Å². The molecule has 6 nitrogen and oxygen atoms in total. The highest BCUT2D eigenvalue weighted by molar-refractivity contribution is 7.89. The average molecular weight is 508 g/mol. The van der Waals surface area contributed by atoms with Crippen LogP contribution in [0.5, 0.6) is 0 Å². The van der Waals surface area contributed by atoms with Crippen molar-refractivity contribution >= 4 is 42.6 Å². The molecule has 0 bridgehead atoms. The van der Waals surface area contributed by atoms with Gasteiger partial charge in [0.05, 0.1) is 21.7 Å². The Morgan fingerprint density at radius 3 is 2.23 bits per heavy atom. The zero-order chi connectivity index (χ0) is 25.2. The van der Waals surface area contributed by atoms with Crippen molar-refractivity contribution in [3.05, 3.63) is 89.0 Å². The van der Waals surface area contributed by atoms with Crippen LogP contribution >= 0.6 is 11.3 Å². The Kier molecular flexibility index (Phi) is 7.35. The van der Waals surface area contributed by atoms with Crippen molar-refractivity contribution in [2.45, 2.75) is 39.1 Å². The Labute approximate surface area is 210 Å². The highest BCUT2D eigenvalue weighted by atomic mass is 32.2. The number of nitrogens with zero attached hydrogens (tertiary/aromatic N) is 3. The highest BCUT2D eigenvalue weighted by Gasteiger charge is 2.25. The van der Waals surface area contributed by atoms with Gasteiger partial charge in [0.1, 0.15) is 0 Å². The number of sulfonamides is 1. The summed E-state index contributed by atoms with van der Waals surface area (Å²) in [7, 11) is -3.59. The third kappa shape index (κ3) is 5.15. The summed E-state index contributed by atoms with van der Waals surface area (Å²) in [5, 5.41) is 0.613. The van der Waals surface area contributed by atoms with Crippen molar-refractivity contribution in [2.75, 3.05) is 18.0 Å². The van der Waals surface area contributed by atoms with E-state index in [1.165, 1.54) is 27.8 Å². The Morgan fingerprint density at radius 1 is 0.943 bits per heavy atom. The number of amides is 1. The lowest BCUT2D eigenvalue weighted by Crippen LogP contribution is -2.31. The van der Waals surface area contributed by atoms with Crippen LogP contribution in [0.3, 0.4) is 0 Å². The second-order valence-electron chi connectivity index (χ2n) is 8.42. The van der Waals surface area contributed by atoms with Gasteiger partial charge in [-0.1, -0.05) is 61.6 Å². The molecule has 1 aromatic heterocycles. The number of carbonyl (C=O) groups is 1. The highest BCUT2D eigenvalue weighted by Crippen LogP contribution is 2.33. The number of anilines is 1. The Hall–Kier alpha value is -3.07. The van der Waals surface area contributed by atoms with E-state index < -0.39 is 10.0 Å². The minimum Gasteiger partial charge on any atom is -0.279 e. The molecule has 0 saturated heterocycles. The summed E-state index contributed by atoms with van der Waals surface area (Å²) in [5.41, 5.74) is 4.50. The number of aromatic nitrogens is 1. The lowest BCUT2D eigenvalue weighted by molar-refractivity contribution is 0.0985. The summed E-state index contributed by atoms with van der Waals surface area (Å²) in [6, 6.07) is 20.1. The molecule has 0 spiro atoms. The first-order valence-electron chi connectivity index (χ1n) is 11.6. The number of fused-ring (bicyclic) bond motifs is 1. The van der Waals surface area contributed by atoms with Crippen molar-refractivity contribution in [3.8, 4) is 0 Å². The summed E-state index contributed by atoms with van der Waals surface area (Å²) in [4.78, 5) is 20.4. The number of benzene rings is 3. The van der Waals surface area contributed by atoms with Gasteiger partial charge in [-0.05, 0) is 60.9 Å². The molecule has 8 heteroatoms. The maximum Gasteiger partial charge on any atom is 0.260 e. The Morgan fingerprint density at radius 2 is 1.60 bits per heavy atom. The van der Waals surface area contributed by atoms with Crippen LogP contribution in [0.4, 0.5) is 5.13 Å². The van der Waals surface area contributed by atoms with Gasteiger partial charge in [-0.3, -0.25) is 9.69 Å². The van der Waals surface area contributed by atoms with Crippen LogP contribution in [-0.2, 0) is 16.6 Å². The second kappa shape index (κ2) is 10.3. The van der Waals surface area contributed by atoms with Crippen molar-refractivity contribution in [1.29, 1.82) is 0 Å². The topological polar surface area (TPSA) is 70.6 Å². The SMILES string of the molecule is CCN(CC)S(=O)(=O)c1ccc(C(=O)N(Cc2ccccc2)c2nc3c(C)cc(C)cc3s2)cc1. The van der Waals surface area contributed by atoms with Crippen LogP contribution in [0.1, 0.15) is 40.9 Å². The summed E-state index contributed by atoms with van der Waals surface area (Å²) in [5.74, 6) is -0.228. The number of rotatable bonds is 8. The van der Waals surface area contributed by atoms with E-state index in [0.29, 0.717) is 30.3 Å². The number of hydrogen-bond donors (Lipinski definition) is 0. The molecule has 0 N–H and O–H groups in total. The molecule has 1 amide bonds. The van der Waals surface area contributed by atoms with Gasteiger partial charge in [0, 0.05) is 18.7 Å². The molecule has 0 aliphatic heterocycles. The number of carbonyl (C=O) groups excluding carboxylic acids is 1. The van der Waals surface area contributed by atoms with Gasteiger partial charge < -0.3 is 0 Å². The minimum absolute atomic E-state index is 0.179. The van der Waals surface area contributed by atoms with E-state index in [9.17, 15) is 13.2 Å². The van der Waals surface area contributed by atoms with Gasteiger partial charge in [-0.15, -0.1) is 0 Å². The van der Waals surface area contributed by atoms with Crippen molar-refractivity contribution < 1.29 is 13.2 Å². The first kappa shape index (κ1) is 25.0. The standard InChI is InChI=1S/C27H29N3O3S2/c1-5-29(6-2)35(32,33)23-14-12-22(13-15-23)26(31)30(18-21-10-8-7-9-11-21)27-28-25-20(4)16-19(3)17-24(25)34-27/h7-17H,5-6,18H2,1-4H3. The largest absolute Gasteiger partial charge is 0.279 e. The second-order valence-corrected chi connectivity index (χ2v) is 11.4. The van der Waals surface area contributed by atoms with Gasteiger partial charge in [-0.25, -0.2) is 13.4 Å². The molecule has 4 rings (SSSR count). The first-order chi connectivity index (χ1) is 16.7. The lowest BCUT2D eigenvalue weighted by atomic mass is 10.1. The number of thiazole rings is 1. The van der Waals surface area contributed by atoms with Gasteiger partial charge in [0.25, 0.3) is 5.91 Å². The van der Waals surface area contributed by atoms with Crippen LogP contribution in [0, 0.1) is 13.8 Å². The molecular formula is C27H29N3O3S2. The summed E-state index contributed by atoms with van der Waals surface area (Å²) < 4.78 is 28.1. The fourth-order valence-corrected chi connectivity index (χ4v) is 6.70. The zero-order valence-corrected chi connectivity index (χ0v) is 22.0. The number of aryl methyl sites for hydroxylation is 2. The van der Waals surface area contributed by atoms with E-state index >= 15 is 0 Å². The van der Waals surface area contributed by atoms with Gasteiger partial charge in [-0.2, -0.15) is 4.31 Å². The fraction of sp³-hybridized carbons (Fsp3) is 0.259. The quantitative estimate of drug-likeness (QED) is 0.303. The smallest absolute Gasteiger partial charge is 0.260 e. The van der Waals surface area contributed by atoms with Crippen LogP contribution in [0.2, 0.25) is 0 Å². The molecule has 0 aliphatic rings. The molecular weight excluding hydrogens is 478 g/mol. The fourth-order valence-electron chi connectivity index (χ4n) is 4.10. The minimum atomic E-state index is -3.59. The summed E-state index contributed by atoms with van der Waals surface area (Å²) in [6.07, 6.45) is 0. The predicted octanol–water partition coefficient (Wildman–Crippen LogP) is 5.79. The number of hydrogen-bond acceptors (Lipinski definition) is 5. The lowest BCUT2D eigenvalue weighted by Gasteiger charge is -2.21. The monoisotopic (exact) mass is 507 g/mol. The zero-order valence-electron chi connectivity index (χ0n) is 20.4. The first-order valence-corrected chi connectivity index (χ1v) is 13.8. The van der Waals surface area contributed by atoms with Crippen molar-refractivity contribution in [1.82, 2.24) is 9.29 Å². The van der Waals surface area contributed by atoms with Crippen LogP contribution < -0.4 is 4.90 Å². The van der Waals surface area contributed by atoms with E-state index in [4.69, 9.17) is 4.98 Å². The predicted molar refractivity (Wildman–Crippen MR) is 143 cm³/mol. The molecule has 182 valence electrons. The maximum atomic E-state index is 13.7.